The Hall–Kier alpha value is -2.75. The van der Waals surface area contributed by atoms with Gasteiger partial charge in [-0.05, 0) is 75.4 Å². The molecule has 0 atom stereocenters. The van der Waals surface area contributed by atoms with Crippen LogP contribution in [0, 0.1) is 20.8 Å². The molecule has 2 aromatic carbocycles. The maximum atomic E-state index is 12.9. The summed E-state index contributed by atoms with van der Waals surface area (Å²) >= 11 is 0. The van der Waals surface area contributed by atoms with Crippen molar-refractivity contribution in [3.63, 3.8) is 0 Å². The van der Waals surface area contributed by atoms with E-state index in [4.69, 9.17) is 4.74 Å². The zero-order chi connectivity index (χ0) is 19.6. The molecule has 0 radical (unpaired) electrons. The van der Waals surface area contributed by atoms with Crippen LogP contribution in [-0.2, 0) is 6.54 Å². The molecule has 0 aliphatic heterocycles. The van der Waals surface area contributed by atoms with E-state index in [0.717, 1.165) is 40.9 Å². The molecule has 27 heavy (non-hydrogen) atoms. The van der Waals surface area contributed by atoms with Gasteiger partial charge in [0.15, 0.2) is 0 Å². The first-order chi connectivity index (χ1) is 12.9. The Bertz CT molecular complexity index is 1040. The lowest BCUT2D eigenvalue weighted by atomic mass is 10.1. The number of hydrogen-bond donors (Lipinski definition) is 0. The van der Waals surface area contributed by atoms with Gasteiger partial charge in [0, 0.05) is 12.2 Å². The van der Waals surface area contributed by atoms with Crippen LogP contribution in [-0.4, -0.2) is 15.7 Å². The third kappa shape index (κ3) is 3.85. The lowest BCUT2D eigenvalue weighted by molar-refractivity contribution is 0.301. The Labute approximate surface area is 160 Å². The van der Waals surface area contributed by atoms with Gasteiger partial charge in [0.25, 0.3) is 0 Å². The minimum atomic E-state index is -0.0117. The minimum Gasteiger partial charge on any atom is -0.493 e. The van der Waals surface area contributed by atoms with E-state index in [-0.39, 0.29) is 5.69 Å². The summed E-state index contributed by atoms with van der Waals surface area (Å²) in [6.45, 7) is 13.4. The monoisotopic (exact) mass is 364 g/mol. The number of allylic oxidation sites excluding steroid dienone is 1. The first kappa shape index (κ1) is 19.0. The molecule has 0 N–H and O–H groups in total. The number of fused-ring (bicyclic) bond motifs is 1. The zero-order valence-electron chi connectivity index (χ0n) is 16.7. The molecule has 0 saturated heterocycles. The van der Waals surface area contributed by atoms with Crippen LogP contribution >= 0.6 is 0 Å². The summed E-state index contributed by atoms with van der Waals surface area (Å²) in [4.78, 5) is 12.9. The van der Waals surface area contributed by atoms with Crippen LogP contribution in [0.25, 0.3) is 16.7 Å². The molecule has 0 spiro atoms. The number of imidazole rings is 1. The lowest BCUT2D eigenvalue weighted by Gasteiger charge is -2.09. The predicted octanol–water partition coefficient (Wildman–Crippen LogP) is 5.08. The Morgan fingerprint density at radius 2 is 1.67 bits per heavy atom. The predicted molar refractivity (Wildman–Crippen MR) is 113 cm³/mol. The van der Waals surface area contributed by atoms with Gasteiger partial charge in [0.2, 0.25) is 0 Å². The maximum absolute atomic E-state index is 12.9. The summed E-state index contributed by atoms with van der Waals surface area (Å²) in [6, 6.07) is 12.2. The van der Waals surface area contributed by atoms with Crippen molar-refractivity contribution in [2.24, 2.45) is 0 Å². The van der Waals surface area contributed by atoms with Crippen LogP contribution < -0.4 is 10.4 Å². The molecule has 0 bridgehead atoms. The fourth-order valence-electron chi connectivity index (χ4n) is 3.37. The molecule has 0 aliphatic rings. The average Bonchev–Trinajstić information content (AvgIpc) is 2.88. The van der Waals surface area contributed by atoms with Crippen LogP contribution in [0.3, 0.4) is 0 Å². The zero-order valence-corrected chi connectivity index (χ0v) is 16.7. The number of unbranched alkanes of at least 4 members (excludes halogenated alkanes) is 1. The van der Waals surface area contributed by atoms with E-state index in [2.05, 4.69) is 32.6 Å². The fourth-order valence-corrected chi connectivity index (χ4v) is 3.37. The van der Waals surface area contributed by atoms with Gasteiger partial charge in [-0.3, -0.25) is 9.13 Å². The van der Waals surface area contributed by atoms with Crippen LogP contribution in [0.4, 0.5) is 0 Å². The smallest absolute Gasteiger partial charge is 0.333 e. The van der Waals surface area contributed by atoms with E-state index in [0.29, 0.717) is 13.2 Å². The molecule has 142 valence electrons. The van der Waals surface area contributed by atoms with Gasteiger partial charge in [-0.1, -0.05) is 24.8 Å². The summed E-state index contributed by atoms with van der Waals surface area (Å²) in [5.74, 6) is 0.930. The molecule has 3 aromatic rings. The summed E-state index contributed by atoms with van der Waals surface area (Å²) in [6.07, 6.45) is 1.78. The Morgan fingerprint density at radius 3 is 2.33 bits per heavy atom. The molecule has 3 rings (SSSR count). The van der Waals surface area contributed by atoms with E-state index in [9.17, 15) is 4.79 Å². The van der Waals surface area contributed by atoms with E-state index < -0.39 is 0 Å². The van der Waals surface area contributed by atoms with E-state index in [1.54, 1.807) is 4.57 Å². The number of aromatic nitrogens is 2. The van der Waals surface area contributed by atoms with Crippen molar-refractivity contribution in [1.29, 1.82) is 0 Å². The molecule has 4 heteroatoms. The van der Waals surface area contributed by atoms with Crippen molar-refractivity contribution in [3.05, 3.63) is 70.2 Å². The van der Waals surface area contributed by atoms with Gasteiger partial charge >= 0.3 is 5.69 Å². The number of ether oxygens (including phenoxy) is 1. The Morgan fingerprint density at radius 1 is 1.00 bits per heavy atom. The second-order valence-corrected chi connectivity index (χ2v) is 7.25. The molecular formula is C23H28N2O2. The lowest BCUT2D eigenvalue weighted by Crippen LogP contribution is -2.23. The molecule has 4 nitrogen and oxygen atoms in total. The molecule has 0 aliphatic carbocycles. The largest absolute Gasteiger partial charge is 0.493 e. The summed E-state index contributed by atoms with van der Waals surface area (Å²) < 4.78 is 9.44. The van der Waals surface area contributed by atoms with Gasteiger partial charge in [0.1, 0.15) is 5.75 Å². The van der Waals surface area contributed by atoms with E-state index >= 15 is 0 Å². The molecule has 1 heterocycles. The molecule has 0 fully saturated rings. The minimum absolute atomic E-state index is 0.0117. The van der Waals surface area contributed by atoms with Crippen LogP contribution in [0.2, 0.25) is 0 Å². The van der Waals surface area contributed by atoms with E-state index in [1.807, 2.05) is 42.7 Å². The first-order valence-corrected chi connectivity index (χ1v) is 9.47. The molecular weight excluding hydrogens is 336 g/mol. The van der Waals surface area contributed by atoms with Crippen molar-refractivity contribution in [2.75, 3.05) is 6.61 Å². The molecule has 0 saturated carbocycles. The second-order valence-electron chi connectivity index (χ2n) is 7.25. The topological polar surface area (TPSA) is 36.2 Å². The number of rotatable bonds is 7. The van der Waals surface area contributed by atoms with Crippen LogP contribution in [0.1, 0.15) is 36.5 Å². The highest BCUT2D eigenvalue weighted by molar-refractivity contribution is 5.81. The third-order valence-corrected chi connectivity index (χ3v) is 5.05. The number of aryl methyl sites for hydroxylation is 4. The van der Waals surface area contributed by atoms with Crippen molar-refractivity contribution < 1.29 is 4.74 Å². The summed E-state index contributed by atoms with van der Waals surface area (Å²) in [5.41, 5.74) is 6.17. The number of hydrogen-bond acceptors (Lipinski definition) is 2. The third-order valence-electron chi connectivity index (χ3n) is 5.05. The highest BCUT2D eigenvalue weighted by Crippen LogP contribution is 2.21. The van der Waals surface area contributed by atoms with Crippen molar-refractivity contribution in [2.45, 2.75) is 47.1 Å². The number of para-hydroxylation sites is 1. The van der Waals surface area contributed by atoms with Crippen LogP contribution in [0.5, 0.6) is 5.75 Å². The van der Waals surface area contributed by atoms with Crippen molar-refractivity contribution in [1.82, 2.24) is 9.13 Å². The molecule has 1 aromatic heterocycles. The Kier molecular flexibility index (Phi) is 5.54. The SMILES string of the molecule is C=C(C)n1c(=O)n(CCCCOc2ccccc2C)c2cc(C)c(C)cc21. The quantitative estimate of drug-likeness (QED) is 0.548. The average molecular weight is 364 g/mol. The van der Waals surface area contributed by atoms with E-state index in [1.165, 1.54) is 11.1 Å². The second kappa shape index (κ2) is 7.87. The van der Waals surface area contributed by atoms with Gasteiger partial charge in [-0.25, -0.2) is 4.79 Å². The van der Waals surface area contributed by atoms with Crippen molar-refractivity contribution >= 4 is 16.7 Å². The normalized spacial score (nSPS) is 11.1. The van der Waals surface area contributed by atoms with Gasteiger partial charge in [0.05, 0.1) is 17.6 Å². The first-order valence-electron chi connectivity index (χ1n) is 9.47. The van der Waals surface area contributed by atoms with Gasteiger partial charge in [-0.2, -0.15) is 0 Å². The Balaban J connectivity index is 1.74. The highest BCUT2D eigenvalue weighted by Gasteiger charge is 2.14. The van der Waals surface area contributed by atoms with Crippen molar-refractivity contribution in [3.8, 4) is 5.75 Å². The standard InChI is InChI=1S/C23H28N2O2/c1-16(2)25-21-15-19(5)18(4)14-20(21)24(23(25)26)12-8-9-13-27-22-11-7-6-10-17(22)3/h6-7,10-11,14-15H,1,8-9,12-13H2,2-5H3. The number of nitrogens with zero attached hydrogens (tertiary/aromatic N) is 2. The molecule has 0 amide bonds. The van der Waals surface area contributed by atoms with Crippen LogP contribution in [0.15, 0.2) is 47.8 Å². The fraction of sp³-hybridized carbons (Fsp3) is 0.348. The summed E-state index contributed by atoms with van der Waals surface area (Å²) in [7, 11) is 0. The maximum Gasteiger partial charge on any atom is 0.333 e. The van der Waals surface area contributed by atoms with Gasteiger partial charge < -0.3 is 4.74 Å². The summed E-state index contributed by atoms with van der Waals surface area (Å²) in [5, 5.41) is 0. The van der Waals surface area contributed by atoms with Gasteiger partial charge in [-0.15, -0.1) is 0 Å². The number of benzene rings is 2. The molecule has 0 unspecified atom stereocenters. The highest BCUT2D eigenvalue weighted by atomic mass is 16.5.